The highest BCUT2D eigenvalue weighted by Crippen LogP contribution is 2.25. The number of unbranched alkanes of at least 4 members (excludes halogenated alkanes) is 1. The van der Waals surface area contributed by atoms with Gasteiger partial charge in [0.2, 0.25) is 0 Å². The molecule has 0 unspecified atom stereocenters. The number of aryl methyl sites for hydroxylation is 1. The number of fused-ring (bicyclic) bond motifs is 1. The molecule has 0 radical (unpaired) electrons. The Labute approximate surface area is 144 Å². The first-order chi connectivity index (χ1) is 11.1. The summed E-state index contributed by atoms with van der Waals surface area (Å²) in [6.45, 7) is 3.00. The number of nitrogens with zero attached hydrogens (tertiary/aromatic N) is 4. The van der Waals surface area contributed by atoms with E-state index in [1.807, 2.05) is 12.1 Å². The quantitative estimate of drug-likeness (QED) is 0.752. The number of benzene rings is 1. The number of nitrogen functional groups attached to an aromatic ring is 1. The van der Waals surface area contributed by atoms with E-state index in [4.69, 9.17) is 28.9 Å². The summed E-state index contributed by atoms with van der Waals surface area (Å²) in [7, 11) is 0. The summed E-state index contributed by atoms with van der Waals surface area (Å²) in [5.41, 5.74) is 8.41. The second-order valence-electron chi connectivity index (χ2n) is 5.39. The maximum Gasteiger partial charge on any atom is 0.165 e. The van der Waals surface area contributed by atoms with E-state index >= 15 is 0 Å². The van der Waals surface area contributed by atoms with E-state index in [-0.39, 0.29) is 0 Å². The molecule has 1 aromatic carbocycles. The second-order valence-corrected chi connectivity index (χ2v) is 6.20. The fourth-order valence-corrected chi connectivity index (χ4v) is 2.84. The van der Waals surface area contributed by atoms with Gasteiger partial charge >= 0.3 is 0 Å². The zero-order valence-electron chi connectivity index (χ0n) is 12.8. The van der Waals surface area contributed by atoms with Crippen LogP contribution in [0.3, 0.4) is 0 Å². The number of hydrogen-bond acceptors (Lipinski definition) is 4. The van der Waals surface area contributed by atoms with E-state index in [9.17, 15) is 0 Å². The molecule has 3 rings (SSSR count). The Balaban J connectivity index is 2.04. The highest BCUT2D eigenvalue weighted by molar-refractivity contribution is 6.42. The maximum absolute atomic E-state index is 6.11. The Bertz CT molecular complexity index is 844. The van der Waals surface area contributed by atoms with Gasteiger partial charge < -0.3 is 10.3 Å². The van der Waals surface area contributed by atoms with Crippen molar-refractivity contribution in [3.05, 3.63) is 46.0 Å². The van der Waals surface area contributed by atoms with E-state index in [2.05, 4.69) is 26.4 Å². The minimum atomic E-state index is 0.403. The Morgan fingerprint density at radius 3 is 2.74 bits per heavy atom. The Morgan fingerprint density at radius 1 is 1.17 bits per heavy atom. The fraction of sp³-hybridized carbons (Fsp3) is 0.312. The molecule has 0 spiro atoms. The monoisotopic (exact) mass is 349 g/mol. The van der Waals surface area contributed by atoms with E-state index in [1.54, 1.807) is 6.07 Å². The average Bonchev–Trinajstić information content (AvgIpc) is 2.88. The highest BCUT2D eigenvalue weighted by atomic mass is 35.5. The van der Waals surface area contributed by atoms with Crippen molar-refractivity contribution in [1.29, 1.82) is 0 Å². The Morgan fingerprint density at radius 2 is 2.00 bits per heavy atom. The van der Waals surface area contributed by atoms with E-state index in [0.29, 0.717) is 27.8 Å². The van der Waals surface area contributed by atoms with Crippen LogP contribution in [0.5, 0.6) is 0 Å². The summed E-state index contributed by atoms with van der Waals surface area (Å²) in [6, 6.07) is 5.61. The molecule has 5 nitrogen and oxygen atoms in total. The predicted molar refractivity (Wildman–Crippen MR) is 93.9 cm³/mol. The van der Waals surface area contributed by atoms with Crippen LogP contribution in [0.4, 0.5) is 5.82 Å². The van der Waals surface area contributed by atoms with Crippen molar-refractivity contribution in [2.24, 2.45) is 0 Å². The van der Waals surface area contributed by atoms with Crippen molar-refractivity contribution in [3.63, 3.8) is 0 Å². The molecule has 0 aliphatic heterocycles. The molecular weight excluding hydrogens is 333 g/mol. The Hall–Kier alpha value is -1.85. The molecule has 7 heteroatoms. The van der Waals surface area contributed by atoms with Crippen LogP contribution in [-0.2, 0) is 13.0 Å². The molecule has 3 aromatic rings. The zero-order valence-corrected chi connectivity index (χ0v) is 14.3. The minimum absolute atomic E-state index is 0.403. The molecule has 120 valence electrons. The van der Waals surface area contributed by atoms with Crippen molar-refractivity contribution in [2.45, 2.75) is 32.7 Å². The van der Waals surface area contributed by atoms with Crippen molar-refractivity contribution < 1.29 is 0 Å². The van der Waals surface area contributed by atoms with Gasteiger partial charge in [0.25, 0.3) is 0 Å². The van der Waals surface area contributed by atoms with E-state index < -0.39 is 0 Å². The van der Waals surface area contributed by atoms with Gasteiger partial charge in [-0.2, -0.15) is 0 Å². The molecule has 2 heterocycles. The maximum atomic E-state index is 6.11. The normalized spacial score (nSPS) is 11.3. The van der Waals surface area contributed by atoms with Gasteiger partial charge in [0.1, 0.15) is 12.2 Å². The van der Waals surface area contributed by atoms with Crippen molar-refractivity contribution in [1.82, 2.24) is 19.5 Å². The molecule has 0 saturated heterocycles. The first-order valence-corrected chi connectivity index (χ1v) is 8.25. The molecule has 0 saturated carbocycles. The largest absolute Gasteiger partial charge is 0.382 e. The van der Waals surface area contributed by atoms with Crippen LogP contribution in [-0.4, -0.2) is 19.5 Å². The Kier molecular flexibility index (Phi) is 4.68. The number of imidazole rings is 1. The summed E-state index contributed by atoms with van der Waals surface area (Å²) in [6.07, 6.45) is 4.25. The third-order valence-electron chi connectivity index (χ3n) is 3.72. The molecule has 0 atom stereocenters. The van der Waals surface area contributed by atoms with E-state index in [0.717, 1.165) is 36.4 Å². The molecule has 0 amide bonds. The summed E-state index contributed by atoms with van der Waals surface area (Å²) in [5, 5.41) is 1.09. The number of aromatic nitrogens is 4. The average molecular weight is 350 g/mol. The molecule has 0 fully saturated rings. The highest BCUT2D eigenvalue weighted by Gasteiger charge is 2.15. The third kappa shape index (κ3) is 3.26. The lowest BCUT2D eigenvalue weighted by Crippen LogP contribution is -2.05. The van der Waals surface area contributed by atoms with Crippen LogP contribution < -0.4 is 5.73 Å². The fourth-order valence-electron chi connectivity index (χ4n) is 2.52. The van der Waals surface area contributed by atoms with Gasteiger partial charge in [0.05, 0.1) is 10.0 Å². The van der Waals surface area contributed by atoms with Gasteiger partial charge in [0, 0.05) is 13.0 Å². The van der Waals surface area contributed by atoms with Crippen LogP contribution in [0.25, 0.3) is 11.2 Å². The molecule has 0 aliphatic rings. The van der Waals surface area contributed by atoms with Gasteiger partial charge in [0.15, 0.2) is 17.0 Å². The first-order valence-electron chi connectivity index (χ1n) is 7.49. The summed E-state index contributed by atoms with van der Waals surface area (Å²) in [5.74, 6) is 1.31. The lowest BCUT2D eigenvalue weighted by atomic mass is 10.1. The first kappa shape index (κ1) is 16.0. The SMILES string of the molecule is CCCCn1c(Cc2ccc(Cl)c(Cl)c2)nc2c(N)ncnc21. The van der Waals surface area contributed by atoms with Crippen molar-refractivity contribution in [2.75, 3.05) is 5.73 Å². The third-order valence-corrected chi connectivity index (χ3v) is 4.46. The van der Waals surface area contributed by atoms with Crippen molar-refractivity contribution >= 4 is 40.2 Å². The molecule has 2 aromatic heterocycles. The number of halogens is 2. The van der Waals surface area contributed by atoms with Crippen LogP contribution in [0, 0.1) is 0 Å². The summed E-state index contributed by atoms with van der Waals surface area (Å²) < 4.78 is 2.11. The van der Waals surface area contributed by atoms with Gasteiger partial charge in [-0.25, -0.2) is 15.0 Å². The predicted octanol–water partition coefficient (Wildman–Crippen LogP) is 4.11. The van der Waals surface area contributed by atoms with Crippen LogP contribution in [0.1, 0.15) is 31.2 Å². The number of anilines is 1. The second kappa shape index (κ2) is 6.72. The van der Waals surface area contributed by atoms with Crippen LogP contribution in [0.15, 0.2) is 24.5 Å². The molecule has 0 aliphatic carbocycles. The lowest BCUT2D eigenvalue weighted by molar-refractivity contribution is 0.619. The molecule has 23 heavy (non-hydrogen) atoms. The lowest BCUT2D eigenvalue weighted by Gasteiger charge is -2.08. The van der Waals surface area contributed by atoms with Gasteiger partial charge in [-0.15, -0.1) is 0 Å². The topological polar surface area (TPSA) is 69.6 Å². The summed E-state index contributed by atoms with van der Waals surface area (Å²) >= 11 is 12.1. The standard InChI is InChI=1S/C16H17Cl2N5/c1-2-3-6-23-13(8-10-4-5-11(17)12(18)7-10)22-14-15(19)20-9-21-16(14)23/h4-5,7,9H,2-3,6,8H2,1H3,(H2,19,20,21). The zero-order chi connectivity index (χ0) is 16.4. The summed E-state index contributed by atoms with van der Waals surface area (Å²) in [4.78, 5) is 13.0. The molecule has 0 bridgehead atoms. The van der Waals surface area contributed by atoms with E-state index in [1.165, 1.54) is 6.33 Å². The minimum Gasteiger partial charge on any atom is -0.382 e. The number of rotatable bonds is 5. The number of hydrogen-bond donors (Lipinski definition) is 1. The van der Waals surface area contributed by atoms with Gasteiger partial charge in [-0.05, 0) is 24.1 Å². The van der Waals surface area contributed by atoms with Crippen LogP contribution >= 0.6 is 23.2 Å². The molecule has 2 N–H and O–H groups in total. The van der Waals surface area contributed by atoms with Gasteiger partial charge in [-0.1, -0.05) is 42.6 Å². The molecular formula is C16H17Cl2N5. The van der Waals surface area contributed by atoms with Crippen molar-refractivity contribution in [3.8, 4) is 0 Å². The number of nitrogens with two attached hydrogens (primary N) is 1. The van der Waals surface area contributed by atoms with Crippen LogP contribution in [0.2, 0.25) is 10.0 Å². The van der Waals surface area contributed by atoms with Gasteiger partial charge in [-0.3, -0.25) is 0 Å². The smallest absolute Gasteiger partial charge is 0.165 e.